The topological polar surface area (TPSA) is 76.7 Å². The van der Waals surface area contributed by atoms with Gasteiger partial charge in [0.1, 0.15) is 5.69 Å². The Balaban J connectivity index is 0.000000150. The molecule has 0 bridgehead atoms. The van der Waals surface area contributed by atoms with Crippen molar-refractivity contribution < 1.29 is 13.2 Å². The first kappa shape index (κ1) is 39.9. The minimum Gasteiger partial charge on any atom is -0.342 e. The zero-order valence-electron chi connectivity index (χ0n) is 31.5. The van der Waals surface area contributed by atoms with Crippen molar-refractivity contribution in [2.75, 3.05) is 30.5 Å². The summed E-state index contributed by atoms with van der Waals surface area (Å²) in [6, 6.07) is 21.8. The summed E-state index contributed by atoms with van der Waals surface area (Å²) >= 11 is 8.74. The maximum absolute atomic E-state index is 11.8. The van der Waals surface area contributed by atoms with Crippen molar-refractivity contribution in [1.29, 1.82) is 0 Å². The number of fused-ring (bicyclic) bond motifs is 6. The van der Waals surface area contributed by atoms with Crippen LogP contribution in [0.4, 0.5) is 19.1 Å². The molecule has 0 fully saturated rings. The molecule has 0 aliphatic carbocycles. The van der Waals surface area contributed by atoms with E-state index >= 15 is 0 Å². The van der Waals surface area contributed by atoms with Gasteiger partial charge in [0, 0.05) is 87.9 Å². The third-order valence-electron chi connectivity index (χ3n) is 9.76. The number of nitrogens with zero attached hydrogens (tertiary/aromatic N) is 7. The van der Waals surface area contributed by atoms with Crippen molar-refractivity contribution >= 4 is 62.9 Å². The Morgan fingerprint density at radius 3 is 1.91 bits per heavy atom. The van der Waals surface area contributed by atoms with Gasteiger partial charge in [-0.3, -0.25) is 0 Å². The molecule has 2 atom stereocenters. The molecule has 2 aliphatic rings. The molecule has 0 saturated heterocycles. The Morgan fingerprint density at radius 1 is 0.759 bits per heavy atom. The Hall–Kier alpha value is -3.78. The summed E-state index contributed by atoms with van der Waals surface area (Å²) in [6.45, 7) is 15.2. The second kappa shape index (κ2) is 16.9. The molecular weight excluding hydrogens is 749 g/mol. The summed E-state index contributed by atoms with van der Waals surface area (Å²) in [4.78, 5) is 20.6. The van der Waals surface area contributed by atoms with Crippen molar-refractivity contribution in [3.63, 3.8) is 0 Å². The number of thioether (sulfide) groups is 2. The minimum atomic E-state index is -4.45. The van der Waals surface area contributed by atoms with E-state index in [0.717, 1.165) is 50.1 Å². The van der Waals surface area contributed by atoms with Crippen LogP contribution in [-0.2, 0) is 19.3 Å². The largest absolute Gasteiger partial charge is 0.433 e. The molecule has 2 aliphatic heterocycles. The molecule has 0 radical (unpaired) electrons. The normalized spacial score (nSPS) is 16.9. The van der Waals surface area contributed by atoms with Gasteiger partial charge in [-0.25, -0.2) is 19.9 Å². The standard InChI is InChI=1S/C20H24N4S.C15H20N2S.C5H2ClF3N2/c1-13(2)19-18-11-15-5-6-16(25-4)12-17(15)23(18)9-10-24(19)20-21-8-7-14(3)22-20;1-10(2)15-14-8-11-4-5-12(18-3)9-13(11)17(14)7-6-16-15;6-4-10-2-1-3(11-4)5(7,8)9/h5-8,11-13,19H,9-10H2,1-4H3;4-5,8-10,15-16H,6-7H2,1-3H3;1-2H. The smallest absolute Gasteiger partial charge is 0.342 e. The molecule has 0 spiro atoms. The van der Waals surface area contributed by atoms with E-state index in [1.54, 1.807) is 11.8 Å². The van der Waals surface area contributed by atoms with Crippen LogP contribution in [0.2, 0.25) is 5.28 Å². The van der Waals surface area contributed by atoms with Crippen LogP contribution in [-0.4, -0.2) is 54.7 Å². The maximum atomic E-state index is 11.8. The van der Waals surface area contributed by atoms with Crippen molar-refractivity contribution in [3.05, 3.63) is 101 Å². The second-order valence-corrected chi connectivity index (χ2v) is 16.2. The van der Waals surface area contributed by atoms with Crippen LogP contribution in [0.3, 0.4) is 0 Å². The van der Waals surface area contributed by atoms with Crippen LogP contribution in [0.1, 0.15) is 62.6 Å². The number of rotatable bonds is 5. The fourth-order valence-corrected chi connectivity index (χ4v) is 8.29. The van der Waals surface area contributed by atoms with Crippen LogP contribution >= 0.6 is 35.1 Å². The molecule has 8 rings (SSSR count). The van der Waals surface area contributed by atoms with Gasteiger partial charge in [-0.15, -0.1) is 23.5 Å². The lowest BCUT2D eigenvalue weighted by Crippen LogP contribution is -2.41. The van der Waals surface area contributed by atoms with Gasteiger partial charge in [0.2, 0.25) is 11.2 Å². The summed E-state index contributed by atoms with van der Waals surface area (Å²) in [5.41, 5.74) is 5.55. The molecule has 286 valence electrons. The Kier molecular flexibility index (Phi) is 12.5. The van der Waals surface area contributed by atoms with E-state index in [1.807, 2.05) is 30.9 Å². The van der Waals surface area contributed by atoms with Gasteiger partial charge in [0.05, 0.1) is 6.04 Å². The van der Waals surface area contributed by atoms with Crippen molar-refractivity contribution in [1.82, 2.24) is 34.4 Å². The molecule has 2 aromatic carbocycles. The van der Waals surface area contributed by atoms with Gasteiger partial charge in [0.15, 0.2) is 0 Å². The molecule has 6 heterocycles. The van der Waals surface area contributed by atoms with Crippen molar-refractivity contribution in [2.24, 2.45) is 11.8 Å². The van der Waals surface area contributed by atoms with Crippen LogP contribution in [0, 0.1) is 18.8 Å². The molecule has 54 heavy (non-hydrogen) atoms. The third kappa shape index (κ3) is 8.69. The zero-order chi connectivity index (χ0) is 38.7. The number of nitrogens with one attached hydrogen (secondary N) is 1. The predicted molar refractivity (Wildman–Crippen MR) is 217 cm³/mol. The van der Waals surface area contributed by atoms with E-state index in [1.165, 1.54) is 43.0 Å². The van der Waals surface area contributed by atoms with Gasteiger partial charge in [-0.05, 0) is 96.8 Å². The highest BCUT2D eigenvalue weighted by atomic mass is 35.5. The fraction of sp³-hybridized carbons (Fsp3) is 0.400. The van der Waals surface area contributed by atoms with E-state index in [2.05, 4.69) is 128 Å². The maximum Gasteiger partial charge on any atom is 0.433 e. The highest BCUT2D eigenvalue weighted by molar-refractivity contribution is 7.98. The van der Waals surface area contributed by atoms with Crippen LogP contribution < -0.4 is 10.2 Å². The van der Waals surface area contributed by atoms with E-state index in [0.29, 0.717) is 23.9 Å². The van der Waals surface area contributed by atoms with E-state index < -0.39 is 17.2 Å². The first-order valence-corrected chi connectivity index (χ1v) is 20.8. The number of halogens is 4. The van der Waals surface area contributed by atoms with Crippen molar-refractivity contribution in [3.8, 4) is 0 Å². The number of aryl methyl sites for hydroxylation is 1. The number of aromatic nitrogens is 6. The lowest BCUT2D eigenvalue weighted by atomic mass is 9.97. The highest BCUT2D eigenvalue weighted by Gasteiger charge is 2.34. The molecule has 0 amide bonds. The number of alkyl halides is 3. The van der Waals surface area contributed by atoms with E-state index in [9.17, 15) is 13.2 Å². The van der Waals surface area contributed by atoms with Gasteiger partial charge in [-0.2, -0.15) is 13.2 Å². The molecule has 0 saturated carbocycles. The summed E-state index contributed by atoms with van der Waals surface area (Å²) in [5, 5.41) is 5.93. The van der Waals surface area contributed by atoms with Crippen LogP contribution in [0.5, 0.6) is 0 Å². The molecule has 8 nitrogen and oxygen atoms in total. The Bertz CT molecular complexity index is 2220. The number of hydrogen-bond acceptors (Lipinski definition) is 8. The van der Waals surface area contributed by atoms with Gasteiger partial charge < -0.3 is 19.4 Å². The number of benzene rings is 2. The zero-order valence-corrected chi connectivity index (χ0v) is 33.9. The quantitative estimate of drug-likeness (QED) is 0.137. The average Bonchev–Trinajstić information content (AvgIpc) is 3.72. The summed E-state index contributed by atoms with van der Waals surface area (Å²) < 4.78 is 40.4. The highest BCUT2D eigenvalue weighted by Crippen LogP contribution is 2.39. The van der Waals surface area contributed by atoms with E-state index in [4.69, 9.17) is 11.6 Å². The molecule has 2 unspecified atom stereocenters. The summed E-state index contributed by atoms with van der Waals surface area (Å²) in [6.07, 6.45) is 2.64. The molecule has 14 heteroatoms. The van der Waals surface area contributed by atoms with E-state index in [-0.39, 0.29) is 0 Å². The second-order valence-electron chi connectivity index (χ2n) is 14.1. The summed E-state index contributed by atoms with van der Waals surface area (Å²) in [7, 11) is 0. The molecule has 1 N–H and O–H groups in total. The predicted octanol–water partition coefficient (Wildman–Crippen LogP) is 10.5. The Morgan fingerprint density at radius 2 is 1.37 bits per heavy atom. The van der Waals surface area contributed by atoms with Gasteiger partial charge in [0.25, 0.3) is 0 Å². The van der Waals surface area contributed by atoms with Crippen LogP contribution in [0.25, 0.3) is 21.8 Å². The first-order chi connectivity index (χ1) is 25.8. The number of anilines is 1. The summed E-state index contributed by atoms with van der Waals surface area (Å²) in [5.74, 6) is 1.96. The Labute approximate surface area is 328 Å². The average molecular weight is 795 g/mol. The van der Waals surface area contributed by atoms with Crippen LogP contribution in [0.15, 0.2) is 82.8 Å². The lowest BCUT2D eigenvalue weighted by molar-refractivity contribution is -0.141. The molecule has 6 aromatic rings. The lowest BCUT2D eigenvalue weighted by Gasteiger charge is -2.39. The first-order valence-electron chi connectivity index (χ1n) is 18.0. The third-order valence-corrected chi connectivity index (χ3v) is 11.4. The molecule has 4 aromatic heterocycles. The van der Waals surface area contributed by atoms with Gasteiger partial charge >= 0.3 is 6.18 Å². The monoisotopic (exact) mass is 794 g/mol. The van der Waals surface area contributed by atoms with Crippen molar-refractivity contribution in [2.45, 2.75) is 75.8 Å². The fourth-order valence-electron chi connectivity index (χ4n) is 7.28. The van der Waals surface area contributed by atoms with Gasteiger partial charge in [-0.1, -0.05) is 39.8 Å². The SMILES string of the molecule is CSc1ccc2cc3n(c2c1)CCN(c1nccc(C)n1)C3C(C)C.CSc1ccc2cc3n(c2c1)CCNC3C(C)C.FC(F)(F)c1ccnc(Cl)n1. The minimum absolute atomic E-state index is 0.292. The number of hydrogen-bond donors (Lipinski definition) is 1. The molecular formula is C40H46ClF3N8S2.